The Hall–Kier alpha value is -0.670. The van der Waals surface area contributed by atoms with Gasteiger partial charge in [0.2, 0.25) is 10.0 Å². The number of halogens is 1. The molecule has 6 nitrogen and oxygen atoms in total. The summed E-state index contributed by atoms with van der Waals surface area (Å²) in [5, 5.41) is 4.87. The number of aryl methyl sites for hydroxylation is 1. The van der Waals surface area contributed by atoms with Gasteiger partial charge in [-0.2, -0.15) is 0 Å². The molecule has 0 aromatic carbocycles. The van der Waals surface area contributed by atoms with Gasteiger partial charge >= 0.3 is 5.97 Å². The van der Waals surface area contributed by atoms with E-state index in [4.69, 9.17) is 0 Å². The molecule has 2 heterocycles. The highest BCUT2D eigenvalue weighted by Gasteiger charge is 2.28. The van der Waals surface area contributed by atoms with Gasteiger partial charge in [-0.1, -0.05) is 0 Å². The van der Waals surface area contributed by atoms with Crippen LogP contribution in [0.4, 0.5) is 0 Å². The molecule has 1 aromatic heterocycles. The molecule has 1 fully saturated rings. The first kappa shape index (κ1) is 18.4. The van der Waals surface area contributed by atoms with E-state index in [1.165, 1.54) is 7.11 Å². The van der Waals surface area contributed by atoms with E-state index in [9.17, 15) is 13.2 Å². The SMILES string of the molecule is COC(=O)c1scc(C)c1S(=O)(=O)NCC1CCCN1.Cl. The summed E-state index contributed by atoms with van der Waals surface area (Å²) in [6, 6.07) is 0.158. The number of rotatable bonds is 5. The summed E-state index contributed by atoms with van der Waals surface area (Å²) in [5.74, 6) is -0.623. The lowest BCUT2D eigenvalue weighted by molar-refractivity contribution is 0.0602. The number of carbonyl (C=O) groups excluding carboxylic acids is 1. The number of ether oxygens (including phenoxy) is 1. The normalized spacial score (nSPS) is 18.3. The van der Waals surface area contributed by atoms with E-state index in [0.29, 0.717) is 12.1 Å². The number of nitrogens with one attached hydrogen (secondary N) is 2. The van der Waals surface area contributed by atoms with Gasteiger partial charge in [-0.15, -0.1) is 23.7 Å². The maximum atomic E-state index is 12.4. The first-order valence-corrected chi connectivity index (χ1v) is 8.71. The van der Waals surface area contributed by atoms with Gasteiger partial charge in [0.05, 0.1) is 7.11 Å². The Bertz CT molecular complexity index is 594. The van der Waals surface area contributed by atoms with Crippen molar-refractivity contribution in [1.29, 1.82) is 0 Å². The molecule has 1 aromatic rings. The molecule has 2 rings (SSSR count). The number of carbonyl (C=O) groups is 1. The fourth-order valence-corrected chi connectivity index (χ4v) is 5.00. The molecule has 1 unspecified atom stereocenters. The average molecular weight is 355 g/mol. The summed E-state index contributed by atoms with van der Waals surface area (Å²) in [6.07, 6.45) is 2.01. The first-order chi connectivity index (χ1) is 9.45. The Balaban J connectivity index is 0.00000220. The van der Waals surface area contributed by atoms with Crippen LogP contribution in [0.5, 0.6) is 0 Å². The largest absolute Gasteiger partial charge is 0.465 e. The number of sulfonamides is 1. The molecule has 0 radical (unpaired) electrons. The van der Waals surface area contributed by atoms with Crippen LogP contribution in [-0.2, 0) is 14.8 Å². The van der Waals surface area contributed by atoms with E-state index in [1.54, 1.807) is 12.3 Å². The van der Waals surface area contributed by atoms with Crippen LogP contribution in [0.2, 0.25) is 0 Å². The number of hydrogen-bond acceptors (Lipinski definition) is 6. The summed E-state index contributed by atoms with van der Waals surface area (Å²) in [7, 11) is -2.46. The molecule has 2 N–H and O–H groups in total. The number of esters is 1. The molecule has 1 aliphatic heterocycles. The third-order valence-corrected chi connectivity index (χ3v) is 6.06. The van der Waals surface area contributed by atoms with E-state index in [0.717, 1.165) is 30.7 Å². The third-order valence-electron chi connectivity index (χ3n) is 3.24. The molecule has 0 saturated carbocycles. The van der Waals surface area contributed by atoms with Crippen LogP contribution in [-0.4, -0.2) is 40.6 Å². The molecular weight excluding hydrogens is 336 g/mol. The standard InChI is InChI=1S/C12H18N2O4S2.ClH/c1-8-7-19-10(12(15)18-2)11(8)20(16,17)14-6-9-4-3-5-13-9;/h7,9,13-14H,3-6H2,1-2H3;1H. The van der Waals surface area contributed by atoms with Crippen molar-refractivity contribution in [2.45, 2.75) is 30.7 Å². The Morgan fingerprint density at radius 3 is 2.86 bits per heavy atom. The summed E-state index contributed by atoms with van der Waals surface area (Å²) in [4.78, 5) is 11.8. The second kappa shape index (κ2) is 7.55. The lowest BCUT2D eigenvalue weighted by Crippen LogP contribution is -2.37. The minimum Gasteiger partial charge on any atom is -0.465 e. The van der Waals surface area contributed by atoms with Gasteiger partial charge in [0, 0.05) is 12.6 Å². The Labute approximate surface area is 134 Å². The molecule has 0 spiro atoms. The molecule has 0 aliphatic carbocycles. The minimum absolute atomic E-state index is 0. The van der Waals surface area contributed by atoms with E-state index in [-0.39, 0.29) is 28.2 Å². The van der Waals surface area contributed by atoms with Crippen LogP contribution in [0.15, 0.2) is 10.3 Å². The van der Waals surface area contributed by atoms with Crippen molar-refractivity contribution in [1.82, 2.24) is 10.0 Å². The molecule has 1 atom stereocenters. The molecule has 21 heavy (non-hydrogen) atoms. The Kier molecular flexibility index (Phi) is 6.61. The predicted molar refractivity (Wildman–Crippen MR) is 83.9 cm³/mol. The van der Waals surface area contributed by atoms with Crippen molar-refractivity contribution in [2.24, 2.45) is 0 Å². The molecule has 0 amide bonds. The second-order valence-corrected chi connectivity index (χ2v) is 7.30. The van der Waals surface area contributed by atoms with Crippen molar-refractivity contribution in [3.8, 4) is 0 Å². The van der Waals surface area contributed by atoms with Crippen molar-refractivity contribution in [3.63, 3.8) is 0 Å². The fourth-order valence-electron chi connectivity index (χ4n) is 2.21. The maximum Gasteiger partial charge on any atom is 0.349 e. The van der Waals surface area contributed by atoms with Crippen LogP contribution in [0.3, 0.4) is 0 Å². The zero-order valence-corrected chi connectivity index (χ0v) is 14.3. The van der Waals surface area contributed by atoms with Gasteiger partial charge in [-0.25, -0.2) is 17.9 Å². The topological polar surface area (TPSA) is 84.5 Å². The highest BCUT2D eigenvalue weighted by Crippen LogP contribution is 2.27. The molecule has 0 bridgehead atoms. The van der Waals surface area contributed by atoms with E-state index in [2.05, 4.69) is 14.8 Å². The lowest BCUT2D eigenvalue weighted by Gasteiger charge is -2.12. The lowest BCUT2D eigenvalue weighted by atomic mass is 10.2. The van der Waals surface area contributed by atoms with E-state index >= 15 is 0 Å². The first-order valence-electron chi connectivity index (χ1n) is 6.35. The number of hydrogen-bond donors (Lipinski definition) is 2. The zero-order valence-electron chi connectivity index (χ0n) is 11.8. The molecular formula is C12H19ClN2O4S2. The van der Waals surface area contributed by atoms with Gasteiger partial charge in [-0.05, 0) is 37.3 Å². The maximum absolute atomic E-state index is 12.4. The smallest absolute Gasteiger partial charge is 0.349 e. The molecule has 1 aliphatic rings. The van der Waals surface area contributed by atoms with Gasteiger partial charge in [-0.3, -0.25) is 0 Å². The van der Waals surface area contributed by atoms with Gasteiger partial charge < -0.3 is 10.1 Å². The average Bonchev–Trinajstić information content (AvgIpc) is 3.04. The van der Waals surface area contributed by atoms with Gasteiger partial charge in [0.1, 0.15) is 9.77 Å². The van der Waals surface area contributed by atoms with Crippen LogP contribution in [0, 0.1) is 6.92 Å². The van der Waals surface area contributed by atoms with Crippen LogP contribution >= 0.6 is 23.7 Å². The van der Waals surface area contributed by atoms with Crippen LogP contribution in [0.25, 0.3) is 0 Å². The number of thiophene rings is 1. The highest BCUT2D eigenvalue weighted by atomic mass is 35.5. The summed E-state index contributed by atoms with van der Waals surface area (Å²) in [6.45, 7) is 2.92. The molecule has 1 saturated heterocycles. The Morgan fingerprint density at radius 1 is 1.57 bits per heavy atom. The fraction of sp³-hybridized carbons (Fsp3) is 0.583. The predicted octanol–water partition coefficient (Wildman–Crippen LogP) is 1.30. The van der Waals surface area contributed by atoms with Gasteiger partial charge in [0.25, 0.3) is 0 Å². The highest BCUT2D eigenvalue weighted by molar-refractivity contribution is 7.89. The zero-order chi connectivity index (χ0) is 14.8. The van der Waals surface area contributed by atoms with Crippen molar-refractivity contribution < 1.29 is 17.9 Å². The monoisotopic (exact) mass is 354 g/mol. The van der Waals surface area contributed by atoms with E-state index in [1.807, 2.05) is 0 Å². The van der Waals surface area contributed by atoms with E-state index < -0.39 is 16.0 Å². The summed E-state index contributed by atoms with van der Waals surface area (Å²) in [5.41, 5.74) is 0.558. The Morgan fingerprint density at radius 2 is 2.29 bits per heavy atom. The third kappa shape index (κ3) is 4.17. The number of methoxy groups -OCH3 is 1. The summed E-state index contributed by atoms with van der Waals surface area (Å²) < 4.78 is 31.9. The molecule has 120 valence electrons. The second-order valence-electron chi connectivity index (χ2n) is 4.71. The quantitative estimate of drug-likeness (QED) is 0.778. The van der Waals surface area contributed by atoms with Crippen molar-refractivity contribution in [3.05, 3.63) is 15.8 Å². The summed E-state index contributed by atoms with van der Waals surface area (Å²) >= 11 is 1.08. The van der Waals surface area contributed by atoms with Crippen LogP contribution < -0.4 is 10.0 Å². The minimum atomic E-state index is -3.70. The van der Waals surface area contributed by atoms with Gasteiger partial charge in [0.15, 0.2) is 0 Å². The molecule has 9 heteroatoms. The van der Waals surface area contributed by atoms with Crippen molar-refractivity contribution in [2.75, 3.05) is 20.2 Å². The van der Waals surface area contributed by atoms with Crippen molar-refractivity contribution >= 4 is 39.7 Å². The van der Waals surface area contributed by atoms with Crippen LogP contribution in [0.1, 0.15) is 28.1 Å².